The van der Waals surface area contributed by atoms with Crippen LogP contribution in [0.4, 0.5) is 0 Å². The van der Waals surface area contributed by atoms with E-state index in [0.29, 0.717) is 12.5 Å². The van der Waals surface area contributed by atoms with Crippen LogP contribution in [-0.4, -0.2) is 23.2 Å². The van der Waals surface area contributed by atoms with Crippen molar-refractivity contribution >= 4 is 19.7 Å². The first kappa shape index (κ1) is 14.8. The lowest BCUT2D eigenvalue weighted by Gasteiger charge is -2.19. The number of aromatic nitrogens is 3. The van der Waals surface area contributed by atoms with Gasteiger partial charge in [-0.25, -0.2) is 8.42 Å². The van der Waals surface area contributed by atoms with E-state index in [0.717, 1.165) is 18.7 Å². The normalized spacial score (nSPS) is 19.1. The molecule has 108 valence electrons. The molecule has 1 aliphatic carbocycles. The Balaban J connectivity index is 2.30. The highest BCUT2D eigenvalue weighted by molar-refractivity contribution is 8.13. The van der Waals surface area contributed by atoms with Crippen LogP contribution in [0.25, 0.3) is 0 Å². The summed E-state index contributed by atoms with van der Waals surface area (Å²) in [6, 6.07) is 0. The molecule has 0 bridgehead atoms. The largest absolute Gasteiger partial charge is 0.301 e. The smallest absolute Gasteiger partial charge is 0.296 e. The third kappa shape index (κ3) is 3.48. The lowest BCUT2D eigenvalue weighted by molar-refractivity contribution is 0.427. The van der Waals surface area contributed by atoms with Crippen molar-refractivity contribution in [2.45, 2.75) is 69.5 Å². The van der Waals surface area contributed by atoms with Gasteiger partial charge in [0.2, 0.25) is 0 Å². The van der Waals surface area contributed by atoms with Gasteiger partial charge in [-0.05, 0) is 19.8 Å². The number of hydrogen-bond acceptors (Lipinski definition) is 4. The standard InChI is InChI=1S/C12H20ClN3O2S/c1-2-16-11(14-15-12(16)19(13,17)18)10-8-6-4-3-5-7-9-10/h10H,2-9H2,1H3. The Kier molecular flexibility index (Phi) is 4.84. The molecule has 1 saturated carbocycles. The van der Waals surface area contributed by atoms with Crippen molar-refractivity contribution in [3.8, 4) is 0 Å². The molecule has 19 heavy (non-hydrogen) atoms. The predicted molar refractivity (Wildman–Crippen MR) is 73.8 cm³/mol. The Morgan fingerprint density at radius 2 is 1.74 bits per heavy atom. The van der Waals surface area contributed by atoms with Gasteiger partial charge in [-0.3, -0.25) is 0 Å². The fourth-order valence-corrected chi connectivity index (χ4v) is 3.76. The van der Waals surface area contributed by atoms with Crippen LogP contribution in [-0.2, 0) is 15.6 Å². The summed E-state index contributed by atoms with van der Waals surface area (Å²) in [5.41, 5.74) is 0. The Bertz CT molecular complexity index is 519. The van der Waals surface area contributed by atoms with Crippen molar-refractivity contribution in [1.29, 1.82) is 0 Å². The van der Waals surface area contributed by atoms with E-state index in [1.54, 1.807) is 4.57 Å². The maximum absolute atomic E-state index is 11.5. The maximum Gasteiger partial charge on any atom is 0.296 e. The van der Waals surface area contributed by atoms with Gasteiger partial charge in [-0.2, -0.15) is 0 Å². The molecule has 0 aromatic carbocycles. The summed E-state index contributed by atoms with van der Waals surface area (Å²) in [6.45, 7) is 2.42. The van der Waals surface area contributed by atoms with Crippen LogP contribution in [0, 0.1) is 0 Å². The molecule has 0 saturated heterocycles. The lowest BCUT2D eigenvalue weighted by Crippen LogP contribution is -2.13. The van der Waals surface area contributed by atoms with E-state index in [9.17, 15) is 8.42 Å². The minimum absolute atomic E-state index is 0.117. The minimum Gasteiger partial charge on any atom is -0.301 e. The highest BCUT2D eigenvalue weighted by Crippen LogP contribution is 2.31. The second-order valence-electron chi connectivity index (χ2n) is 5.06. The second kappa shape index (κ2) is 6.22. The first-order chi connectivity index (χ1) is 9.04. The van der Waals surface area contributed by atoms with Gasteiger partial charge in [-0.1, -0.05) is 32.1 Å². The van der Waals surface area contributed by atoms with E-state index >= 15 is 0 Å². The first-order valence-corrected chi connectivity index (χ1v) is 9.22. The van der Waals surface area contributed by atoms with E-state index in [2.05, 4.69) is 10.2 Å². The highest BCUT2D eigenvalue weighted by Gasteiger charge is 2.26. The van der Waals surface area contributed by atoms with Crippen molar-refractivity contribution in [2.75, 3.05) is 0 Å². The predicted octanol–water partition coefficient (Wildman–Crippen LogP) is 3.05. The Morgan fingerprint density at radius 1 is 1.16 bits per heavy atom. The number of hydrogen-bond donors (Lipinski definition) is 0. The highest BCUT2D eigenvalue weighted by atomic mass is 35.7. The van der Waals surface area contributed by atoms with Gasteiger partial charge >= 0.3 is 0 Å². The van der Waals surface area contributed by atoms with E-state index in [1.807, 2.05) is 6.92 Å². The fraction of sp³-hybridized carbons (Fsp3) is 0.833. The first-order valence-electron chi connectivity index (χ1n) is 6.91. The molecule has 0 unspecified atom stereocenters. The summed E-state index contributed by atoms with van der Waals surface area (Å²) in [4.78, 5) is 0. The molecule has 0 aliphatic heterocycles. The molecule has 1 aromatic heterocycles. The van der Waals surface area contributed by atoms with Crippen LogP contribution in [0.3, 0.4) is 0 Å². The van der Waals surface area contributed by atoms with Crippen molar-refractivity contribution < 1.29 is 8.42 Å². The molecule has 0 atom stereocenters. The summed E-state index contributed by atoms with van der Waals surface area (Å²) in [7, 11) is 1.58. The summed E-state index contributed by atoms with van der Waals surface area (Å²) in [5, 5.41) is 7.76. The molecule has 5 nitrogen and oxygen atoms in total. The van der Waals surface area contributed by atoms with E-state index in [1.165, 1.54) is 32.1 Å². The molecule has 0 N–H and O–H groups in total. The molecule has 1 aromatic rings. The zero-order valence-corrected chi connectivity index (χ0v) is 12.8. The maximum atomic E-state index is 11.5. The minimum atomic E-state index is -3.82. The van der Waals surface area contributed by atoms with Gasteiger partial charge in [0, 0.05) is 23.1 Å². The molecule has 0 radical (unpaired) electrons. The van der Waals surface area contributed by atoms with Crippen molar-refractivity contribution in [3.63, 3.8) is 0 Å². The second-order valence-corrected chi connectivity index (χ2v) is 7.52. The van der Waals surface area contributed by atoms with E-state index in [4.69, 9.17) is 10.7 Å². The molecular formula is C12H20ClN3O2S. The topological polar surface area (TPSA) is 64.8 Å². The summed E-state index contributed by atoms with van der Waals surface area (Å²) >= 11 is 0. The van der Waals surface area contributed by atoms with Gasteiger partial charge in [0.25, 0.3) is 14.2 Å². The van der Waals surface area contributed by atoms with Crippen LogP contribution in [0.1, 0.15) is 63.6 Å². The lowest BCUT2D eigenvalue weighted by atomic mass is 9.90. The summed E-state index contributed by atoms with van der Waals surface area (Å²) in [6.07, 6.45) is 8.25. The molecule has 7 heteroatoms. The average molecular weight is 306 g/mol. The van der Waals surface area contributed by atoms with Crippen LogP contribution in [0.5, 0.6) is 0 Å². The number of halogens is 1. The summed E-state index contributed by atoms with van der Waals surface area (Å²) < 4.78 is 24.6. The third-order valence-corrected chi connectivity index (χ3v) is 4.90. The number of nitrogens with zero attached hydrogens (tertiary/aromatic N) is 3. The van der Waals surface area contributed by atoms with Gasteiger partial charge < -0.3 is 4.57 Å². The molecule has 2 rings (SSSR count). The van der Waals surface area contributed by atoms with Crippen LogP contribution < -0.4 is 0 Å². The Labute approximate surface area is 118 Å². The van der Waals surface area contributed by atoms with Crippen LogP contribution in [0.15, 0.2) is 5.16 Å². The van der Waals surface area contributed by atoms with Gasteiger partial charge in [0.15, 0.2) is 0 Å². The molecular weight excluding hydrogens is 286 g/mol. The Hall–Kier alpha value is -0.620. The summed E-state index contributed by atoms with van der Waals surface area (Å²) in [5.74, 6) is 1.09. The number of rotatable bonds is 3. The molecule has 0 spiro atoms. The molecule has 1 heterocycles. The van der Waals surface area contributed by atoms with Crippen LogP contribution in [0.2, 0.25) is 0 Å². The Morgan fingerprint density at radius 3 is 2.26 bits per heavy atom. The monoisotopic (exact) mass is 305 g/mol. The van der Waals surface area contributed by atoms with E-state index in [-0.39, 0.29) is 5.16 Å². The van der Waals surface area contributed by atoms with Gasteiger partial charge in [0.05, 0.1) is 0 Å². The fourth-order valence-electron chi connectivity index (χ4n) is 2.79. The SMILES string of the molecule is CCn1c(C2CCCCCCC2)nnc1S(=O)(=O)Cl. The van der Waals surface area contributed by atoms with Crippen LogP contribution >= 0.6 is 10.7 Å². The molecule has 1 aliphatic rings. The zero-order chi connectivity index (χ0) is 13.9. The zero-order valence-electron chi connectivity index (χ0n) is 11.2. The average Bonchev–Trinajstić information content (AvgIpc) is 2.71. The van der Waals surface area contributed by atoms with Crippen molar-refractivity contribution in [2.24, 2.45) is 0 Å². The van der Waals surface area contributed by atoms with Gasteiger partial charge in [-0.15, -0.1) is 10.2 Å². The van der Waals surface area contributed by atoms with E-state index < -0.39 is 9.05 Å². The molecule has 0 amide bonds. The molecule has 1 fully saturated rings. The van der Waals surface area contributed by atoms with Crippen molar-refractivity contribution in [1.82, 2.24) is 14.8 Å². The van der Waals surface area contributed by atoms with Crippen molar-refractivity contribution in [3.05, 3.63) is 5.82 Å². The quantitative estimate of drug-likeness (QED) is 0.805. The third-order valence-electron chi connectivity index (χ3n) is 3.75. The van der Waals surface area contributed by atoms with Gasteiger partial charge in [0.1, 0.15) is 5.82 Å².